The number of oxazole rings is 1. The van der Waals surface area contributed by atoms with Gasteiger partial charge >= 0.3 is 0 Å². The van der Waals surface area contributed by atoms with Gasteiger partial charge in [-0.25, -0.2) is 4.98 Å². The maximum atomic E-state index is 12.6. The third-order valence-electron chi connectivity index (χ3n) is 3.92. The molecule has 0 aliphatic rings. The zero-order chi connectivity index (χ0) is 16.0. The fourth-order valence-corrected chi connectivity index (χ4v) is 2.82. The number of rotatable bonds is 2. The van der Waals surface area contributed by atoms with E-state index in [1.807, 2.05) is 60.3 Å². The van der Waals surface area contributed by atoms with Crippen molar-refractivity contribution in [2.24, 2.45) is 7.05 Å². The van der Waals surface area contributed by atoms with Crippen LogP contribution in [0.3, 0.4) is 0 Å². The van der Waals surface area contributed by atoms with Gasteiger partial charge in [0.2, 0.25) is 0 Å². The van der Waals surface area contributed by atoms with E-state index in [1.54, 1.807) is 6.92 Å². The van der Waals surface area contributed by atoms with Crippen LogP contribution in [0.1, 0.15) is 16.2 Å². The van der Waals surface area contributed by atoms with E-state index in [1.165, 1.54) is 0 Å². The molecule has 0 saturated heterocycles. The van der Waals surface area contributed by atoms with Crippen LogP contribution < -0.4 is 5.32 Å². The van der Waals surface area contributed by atoms with E-state index in [0.29, 0.717) is 22.7 Å². The van der Waals surface area contributed by atoms with E-state index in [4.69, 9.17) is 4.42 Å². The molecule has 2 aromatic heterocycles. The Morgan fingerprint density at radius 3 is 2.96 bits per heavy atom. The molecule has 0 unspecified atom stereocenters. The Morgan fingerprint density at radius 2 is 2.09 bits per heavy atom. The number of hydrogen-bond acceptors (Lipinski definition) is 3. The zero-order valence-electron chi connectivity index (χ0n) is 12.8. The molecule has 2 aromatic carbocycles. The van der Waals surface area contributed by atoms with Crippen molar-refractivity contribution in [3.63, 3.8) is 0 Å². The molecule has 0 bridgehead atoms. The molecular weight excluding hydrogens is 290 g/mol. The Kier molecular flexibility index (Phi) is 2.94. The minimum absolute atomic E-state index is 0.138. The van der Waals surface area contributed by atoms with Crippen molar-refractivity contribution in [3.05, 3.63) is 60.1 Å². The highest BCUT2D eigenvalue weighted by Crippen LogP contribution is 2.23. The number of hydrogen-bond donors (Lipinski definition) is 1. The van der Waals surface area contributed by atoms with Gasteiger partial charge in [-0.15, -0.1) is 0 Å². The summed E-state index contributed by atoms with van der Waals surface area (Å²) in [4.78, 5) is 16.9. The molecule has 114 valence electrons. The molecular formula is C18H15N3O2. The van der Waals surface area contributed by atoms with Gasteiger partial charge in [-0.2, -0.15) is 0 Å². The molecule has 0 atom stereocenters. The van der Waals surface area contributed by atoms with Crippen molar-refractivity contribution in [3.8, 4) is 0 Å². The number of nitrogens with zero attached hydrogens (tertiary/aromatic N) is 2. The first-order valence-electron chi connectivity index (χ1n) is 7.34. The third kappa shape index (κ3) is 2.26. The second kappa shape index (κ2) is 4.98. The minimum atomic E-state index is -0.138. The molecule has 4 aromatic rings. The summed E-state index contributed by atoms with van der Waals surface area (Å²) in [6, 6.07) is 13.1. The predicted molar refractivity (Wildman–Crippen MR) is 89.6 cm³/mol. The van der Waals surface area contributed by atoms with Crippen LogP contribution in [0.4, 0.5) is 5.69 Å². The second-order valence-corrected chi connectivity index (χ2v) is 5.53. The average Bonchev–Trinajstić information content (AvgIpc) is 3.09. The molecule has 2 heterocycles. The van der Waals surface area contributed by atoms with E-state index in [2.05, 4.69) is 10.3 Å². The Balaban J connectivity index is 1.70. The molecule has 0 spiro atoms. The lowest BCUT2D eigenvalue weighted by atomic mass is 10.1. The van der Waals surface area contributed by atoms with Crippen LogP contribution in [0.25, 0.3) is 22.0 Å². The first-order valence-corrected chi connectivity index (χ1v) is 7.34. The van der Waals surface area contributed by atoms with E-state index in [9.17, 15) is 4.79 Å². The van der Waals surface area contributed by atoms with E-state index in [0.717, 1.165) is 16.4 Å². The standard InChI is InChI=1S/C18H15N3O2/c1-11-19-15-10-12(6-7-17(15)23-11)20-18(22)14-4-3-5-16-13(14)8-9-21(16)2/h3-10H,1-2H3,(H,20,22). The maximum absolute atomic E-state index is 12.6. The Labute approximate surface area is 132 Å². The Bertz CT molecular complexity index is 1040. The summed E-state index contributed by atoms with van der Waals surface area (Å²) in [6.07, 6.45) is 1.95. The van der Waals surface area contributed by atoms with E-state index in [-0.39, 0.29) is 5.91 Å². The van der Waals surface area contributed by atoms with Gasteiger partial charge < -0.3 is 14.3 Å². The number of fused-ring (bicyclic) bond motifs is 2. The number of carbonyl (C=O) groups excluding carboxylic acids is 1. The van der Waals surface area contributed by atoms with Crippen molar-refractivity contribution in [2.45, 2.75) is 6.92 Å². The molecule has 0 aliphatic carbocycles. The Morgan fingerprint density at radius 1 is 1.22 bits per heavy atom. The molecule has 23 heavy (non-hydrogen) atoms. The van der Waals surface area contributed by atoms with Crippen molar-refractivity contribution >= 4 is 33.6 Å². The van der Waals surface area contributed by atoms with Gasteiger partial charge in [0.15, 0.2) is 11.5 Å². The quantitative estimate of drug-likeness (QED) is 0.611. The summed E-state index contributed by atoms with van der Waals surface area (Å²) < 4.78 is 7.44. The summed E-state index contributed by atoms with van der Waals surface area (Å²) in [5, 5.41) is 3.87. The number of amides is 1. The van der Waals surface area contributed by atoms with Crippen LogP contribution in [-0.4, -0.2) is 15.5 Å². The van der Waals surface area contributed by atoms with Crippen LogP contribution in [0.2, 0.25) is 0 Å². The summed E-state index contributed by atoms with van der Waals surface area (Å²) in [5.41, 5.74) is 3.83. The molecule has 0 saturated carbocycles. The van der Waals surface area contributed by atoms with Gasteiger partial charge in [0, 0.05) is 42.3 Å². The fourth-order valence-electron chi connectivity index (χ4n) is 2.82. The predicted octanol–water partition coefficient (Wildman–Crippen LogP) is 3.88. The Hall–Kier alpha value is -3.08. The first kappa shape index (κ1) is 13.6. The molecule has 4 rings (SSSR count). The normalized spacial score (nSPS) is 11.2. The highest BCUT2D eigenvalue weighted by molar-refractivity contribution is 6.12. The lowest BCUT2D eigenvalue weighted by Gasteiger charge is -2.06. The van der Waals surface area contributed by atoms with Crippen molar-refractivity contribution < 1.29 is 9.21 Å². The SMILES string of the molecule is Cc1nc2cc(NC(=O)c3cccc4c3ccn4C)ccc2o1. The van der Waals surface area contributed by atoms with Gasteiger partial charge in [0.05, 0.1) is 0 Å². The lowest BCUT2D eigenvalue weighted by Crippen LogP contribution is -2.12. The number of nitrogens with one attached hydrogen (secondary N) is 1. The number of benzene rings is 2. The minimum Gasteiger partial charge on any atom is -0.441 e. The summed E-state index contributed by atoms with van der Waals surface area (Å²) in [5.74, 6) is 0.471. The van der Waals surface area contributed by atoms with Crippen LogP contribution >= 0.6 is 0 Å². The van der Waals surface area contributed by atoms with Gasteiger partial charge in [-0.05, 0) is 36.4 Å². The highest BCUT2D eigenvalue weighted by atomic mass is 16.3. The molecule has 5 heteroatoms. The molecule has 0 radical (unpaired) electrons. The van der Waals surface area contributed by atoms with Gasteiger partial charge in [0.1, 0.15) is 5.52 Å². The van der Waals surface area contributed by atoms with Gasteiger partial charge in [-0.1, -0.05) is 6.07 Å². The topological polar surface area (TPSA) is 60.1 Å². The molecule has 1 amide bonds. The van der Waals surface area contributed by atoms with E-state index < -0.39 is 0 Å². The first-order chi connectivity index (χ1) is 11.1. The maximum Gasteiger partial charge on any atom is 0.256 e. The van der Waals surface area contributed by atoms with Crippen LogP contribution in [0.5, 0.6) is 0 Å². The molecule has 0 fully saturated rings. The summed E-state index contributed by atoms with van der Waals surface area (Å²) in [6.45, 7) is 1.80. The molecule has 1 N–H and O–H groups in total. The summed E-state index contributed by atoms with van der Waals surface area (Å²) in [7, 11) is 1.96. The van der Waals surface area contributed by atoms with Gasteiger partial charge in [0.25, 0.3) is 5.91 Å². The van der Waals surface area contributed by atoms with Crippen molar-refractivity contribution in [1.82, 2.24) is 9.55 Å². The zero-order valence-corrected chi connectivity index (χ0v) is 12.8. The fraction of sp³-hybridized carbons (Fsp3) is 0.111. The van der Waals surface area contributed by atoms with Crippen molar-refractivity contribution in [2.75, 3.05) is 5.32 Å². The number of aryl methyl sites for hydroxylation is 2. The molecule has 5 nitrogen and oxygen atoms in total. The molecule has 0 aliphatic heterocycles. The summed E-state index contributed by atoms with van der Waals surface area (Å²) >= 11 is 0. The van der Waals surface area contributed by atoms with Crippen LogP contribution in [-0.2, 0) is 7.05 Å². The number of anilines is 1. The highest BCUT2D eigenvalue weighted by Gasteiger charge is 2.12. The van der Waals surface area contributed by atoms with E-state index >= 15 is 0 Å². The lowest BCUT2D eigenvalue weighted by molar-refractivity contribution is 0.102. The third-order valence-corrected chi connectivity index (χ3v) is 3.92. The average molecular weight is 305 g/mol. The second-order valence-electron chi connectivity index (χ2n) is 5.53. The van der Waals surface area contributed by atoms with Crippen LogP contribution in [0, 0.1) is 6.92 Å². The van der Waals surface area contributed by atoms with Crippen molar-refractivity contribution in [1.29, 1.82) is 0 Å². The monoisotopic (exact) mass is 305 g/mol. The number of carbonyl (C=O) groups is 1. The smallest absolute Gasteiger partial charge is 0.256 e. The van der Waals surface area contributed by atoms with Crippen LogP contribution in [0.15, 0.2) is 53.1 Å². The van der Waals surface area contributed by atoms with Gasteiger partial charge in [-0.3, -0.25) is 4.79 Å². The largest absolute Gasteiger partial charge is 0.441 e. The number of aromatic nitrogens is 2.